The molecular weight excluding hydrogens is 376 g/mol. The predicted molar refractivity (Wildman–Crippen MR) is 121 cm³/mol. The maximum atomic E-state index is 9.58. The van der Waals surface area contributed by atoms with E-state index in [1.165, 1.54) is 29.6 Å². The van der Waals surface area contributed by atoms with Crippen molar-refractivity contribution in [1.82, 2.24) is 4.90 Å². The van der Waals surface area contributed by atoms with Gasteiger partial charge in [-0.05, 0) is 76.2 Å². The Morgan fingerprint density at radius 2 is 1.93 bits per heavy atom. The first kappa shape index (κ1) is 21.8. The van der Waals surface area contributed by atoms with Gasteiger partial charge in [0.2, 0.25) is 5.90 Å². The zero-order chi connectivity index (χ0) is 20.9. The summed E-state index contributed by atoms with van der Waals surface area (Å²) in [5, 5.41) is 9.58. The predicted octanol–water partition coefficient (Wildman–Crippen LogP) is 4.39. The van der Waals surface area contributed by atoms with E-state index in [0.717, 1.165) is 77.1 Å². The van der Waals surface area contributed by atoms with Crippen molar-refractivity contribution in [3.63, 3.8) is 0 Å². The zero-order valence-corrected chi connectivity index (χ0v) is 18.6. The SMILES string of the molecule is C=CN=C(OC1CCC(N2CCOCC2)CC1)C1=C(C)CCC2=C1C(CCO)CC2. The van der Waals surface area contributed by atoms with Crippen LogP contribution in [0.25, 0.3) is 0 Å². The Kier molecular flexibility index (Phi) is 7.45. The van der Waals surface area contributed by atoms with Crippen molar-refractivity contribution in [2.45, 2.75) is 76.9 Å². The summed E-state index contributed by atoms with van der Waals surface area (Å²) in [6.45, 7) is 10.2. The van der Waals surface area contributed by atoms with Crippen LogP contribution in [0.4, 0.5) is 0 Å². The highest BCUT2D eigenvalue weighted by molar-refractivity contribution is 6.00. The molecule has 2 fully saturated rings. The molecule has 1 aliphatic heterocycles. The molecule has 4 aliphatic rings. The van der Waals surface area contributed by atoms with Crippen LogP contribution in [-0.4, -0.2) is 61.0 Å². The molecule has 0 bridgehead atoms. The molecule has 166 valence electrons. The zero-order valence-electron chi connectivity index (χ0n) is 18.6. The van der Waals surface area contributed by atoms with E-state index in [4.69, 9.17) is 9.47 Å². The van der Waals surface area contributed by atoms with E-state index in [1.54, 1.807) is 11.8 Å². The molecule has 5 nitrogen and oxygen atoms in total. The third-order valence-corrected chi connectivity index (χ3v) is 7.47. The molecule has 1 unspecified atom stereocenters. The molecule has 1 N–H and O–H groups in total. The number of morpholine rings is 1. The van der Waals surface area contributed by atoms with Gasteiger partial charge >= 0.3 is 0 Å². The second-order valence-electron chi connectivity index (χ2n) is 9.23. The van der Waals surface area contributed by atoms with E-state index in [9.17, 15) is 5.11 Å². The molecule has 0 spiro atoms. The molecule has 0 aromatic carbocycles. The first-order chi connectivity index (χ1) is 14.7. The van der Waals surface area contributed by atoms with Gasteiger partial charge in [-0.25, -0.2) is 4.99 Å². The highest BCUT2D eigenvalue weighted by atomic mass is 16.5. The van der Waals surface area contributed by atoms with Gasteiger partial charge in [-0.3, -0.25) is 4.90 Å². The number of allylic oxidation sites excluding steroid dienone is 2. The van der Waals surface area contributed by atoms with Crippen molar-refractivity contribution in [3.05, 3.63) is 35.1 Å². The van der Waals surface area contributed by atoms with Gasteiger partial charge in [0.05, 0.1) is 13.2 Å². The van der Waals surface area contributed by atoms with Crippen LogP contribution in [-0.2, 0) is 9.47 Å². The third kappa shape index (κ3) is 4.74. The van der Waals surface area contributed by atoms with Gasteiger partial charge in [0.25, 0.3) is 0 Å². The van der Waals surface area contributed by atoms with E-state index < -0.39 is 0 Å². The summed E-state index contributed by atoms with van der Waals surface area (Å²) >= 11 is 0. The van der Waals surface area contributed by atoms with Crippen LogP contribution in [0, 0.1) is 5.92 Å². The van der Waals surface area contributed by atoms with Crippen molar-refractivity contribution in [2.24, 2.45) is 10.9 Å². The molecule has 4 rings (SSSR count). The fourth-order valence-electron chi connectivity index (χ4n) is 5.86. The van der Waals surface area contributed by atoms with Gasteiger partial charge in [-0.2, -0.15) is 0 Å². The first-order valence-electron chi connectivity index (χ1n) is 11.9. The van der Waals surface area contributed by atoms with Crippen LogP contribution in [0.3, 0.4) is 0 Å². The number of ether oxygens (including phenoxy) is 2. The lowest BCUT2D eigenvalue weighted by Crippen LogP contribution is -2.45. The van der Waals surface area contributed by atoms with Crippen LogP contribution >= 0.6 is 0 Å². The number of aliphatic imine (C=N–C) groups is 1. The van der Waals surface area contributed by atoms with E-state index >= 15 is 0 Å². The fourth-order valence-corrected chi connectivity index (χ4v) is 5.86. The largest absolute Gasteiger partial charge is 0.474 e. The van der Waals surface area contributed by atoms with Crippen molar-refractivity contribution < 1.29 is 14.6 Å². The lowest BCUT2D eigenvalue weighted by atomic mass is 9.82. The Labute approximate surface area is 181 Å². The molecule has 0 aromatic rings. The number of aliphatic hydroxyl groups excluding tert-OH is 1. The van der Waals surface area contributed by atoms with E-state index in [1.807, 2.05) is 0 Å². The van der Waals surface area contributed by atoms with Crippen molar-refractivity contribution in [2.75, 3.05) is 32.9 Å². The van der Waals surface area contributed by atoms with Gasteiger partial charge in [0, 0.05) is 37.5 Å². The van der Waals surface area contributed by atoms with Gasteiger partial charge < -0.3 is 14.6 Å². The van der Waals surface area contributed by atoms with Crippen molar-refractivity contribution in [3.8, 4) is 0 Å². The topological polar surface area (TPSA) is 54.3 Å². The quantitative estimate of drug-likeness (QED) is 0.517. The molecule has 1 heterocycles. The molecule has 0 aromatic heterocycles. The maximum Gasteiger partial charge on any atom is 0.221 e. The monoisotopic (exact) mass is 414 g/mol. The maximum absolute atomic E-state index is 9.58. The number of hydrogen-bond acceptors (Lipinski definition) is 5. The molecule has 3 aliphatic carbocycles. The minimum atomic E-state index is 0.227. The highest BCUT2D eigenvalue weighted by Crippen LogP contribution is 2.46. The molecule has 0 amide bonds. The molecule has 1 atom stereocenters. The lowest BCUT2D eigenvalue weighted by Gasteiger charge is -2.39. The first-order valence-corrected chi connectivity index (χ1v) is 11.9. The number of rotatable bonds is 6. The Balaban J connectivity index is 1.45. The second kappa shape index (κ2) is 10.3. The smallest absolute Gasteiger partial charge is 0.221 e. The number of nitrogens with zero attached hydrogens (tertiary/aromatic N) is 2. The summed E-state index contributed by atoms with van der Waals surface area (Å²) in [5.41, 5.74) is 5.59. The number of hydrogen-bond donors (Lipinski definition) is 1. The van der Waals surface area contributed by atoms with Gasteiger partial charge in [0.1, 0.15) is 6.10 Å². The second-order valence-corrected chi connectivity index (χ2v) is 9.23. The minimum Gasteiger partial charge on any atom is -0.474 e. The van der Waals surface area contributed by atoms with Gasteiger partial charge in [-0.1, -0.05) is 17.7 Å². The minimum absolute atomic E-state index is 0.227. The standard InChI is InChI=1S/C25H38N2O3/c1-3-26-25(23-18(2)4-5-19-6-7-20(12-15-28)24(19)23)30-22-10-8-21(9-11-22)27-13-16-29-17-14-27/h3,20-22,28H,1,4-17H2,2H3. The van der Waals surface area contributed by atoms with Gasteiger partial charge in [0.15, 0.2) is 0 Å². The summed E-state index contributed by atoms with van der Waals surface area (Å²) in [6, 6.07) is 0.669. The van der Waals surface area contributed by atoms with Crippen molar-refractivity contribution >= 4 is 5.90 Å². The van der Waals surface area contributed by atoms with Crippen LogP contribution in [0.15, 0.2) is 40.1 Å². The molecule has 5 heteroatoms. The van der Waals surface area contributed by atoms with Gasteiger partial charge in [-0.15, -0.1) is 0 Å². The van der Waals surface area contributed by atoms with Crippen LogP contribution < -0.4 is 0 Å². The van der Waals surface area contributed by atoms with Crippen LogP contribution in [0.1, 0.15) is 64.7 Å². The summed E-state index contributed by atoms with van der Waals surface area (Å²) in [6.07, 6.45) is 11.8. The Morgan fingerprint density at radius 1 is 1.17 bits per heavy atom. The van der Waals surface area contributed by atoms with Crippen LogP contribution in [0.2, 0.25) is 0 Å². The van der Waals surface area contributed by atoms with Crippen molar-refractivity contribution in [1.29, 1.82) is 0 Å². The average Bonchev–Trinajstić information content (AvgIpc) is 3.18. The lowest BCUT2D eigenvalue weighted by molar-refractivity contribution is -0.00211. The Bertz CT molecular complexity index is 710. The molecule has 0 radical (unpaired) electrons. The third-order valence-electron chi connectivity index (χ3n) is 7.47. The average molecular weight is 415 g/mol. The fraction of sp³-hybridized carbons (Fsp3) is 0.720. The molecule has 1 saturated heterocycles. The summed E-state index contributed by atoms with van der Waals surface area (Å²) < 4.78 is 12.1. The number of aliphatic hydroxyl groups is 1. The Hall–Kier alpha value is -1.43. The van der Waals surface area contributed by atoms with E-state index in [0.29, 0.717) is 12.0 Å². The molecular formula is C25H38N2O3. The summed E-state index contributed by atoms with van der Waals surface area (Å²) in [5.74, 6) is 1.21. The highest BCUT2D eigenvalue weighted by Gasteiger charge is 2.35. The summed E-state index contributed by atoms with van der Waals surface area (Å²) in [7, 11) is 0. The Morgan fingerprint density at radius 3 is 2.63 bits per heavy atom. The molecule has 1 saturated carbocycles. The molecule has 30 heavy (non-hydrogen) atoms. The van der Waals surface area contributed by atoms with Crippen LogP contribution in [0.5, 0.6) is 0 Å². The normalized spacial score (nSPS) is 31.1. The van der Waals surface area contributed by atoms with E-state index in [-0.39, 0.29) is 12.7 Å². The summed E-state index contributed by atoms with van der Waals surface area (Å²) in [4.78, 5) is 7.23. The van der Waals surface area contributed by atoms with E-state index in [2.05, 4.69) is 23.4 Å².